The van der Waals surface area contributed by atoms with E-state index in [0.29, 0.717) is 82.4 Å². The van der Waals surface area contributed by atoms with E-state index in [0.717, 1.165) is 16.1 Å². The molecule has 8 rings (SSSR count). The first-order chi connectivity index (χ1) is 38.4. The molecule has 2 aromatic heterocycles. The number of aliphatic hydroxyl groups is 1. The number of anilines is 1. The number of ether oxygens (including phenoxy) is 3. The predicted molar refractivity (Wildman–Crippen MR) is 290 cm³/mol. The van der Waals surface area contributed by atoms with Crippen molar-refractivity contribution in [2.45, 2.75) is 123 Å². The molecule has 7 amide bonds. The monoisotopic (exact) mass is 1140 g/mol. The number of esters is 1. The number of carbonyl (C=O) groups is 8. The Bertz CT molecular complexity index is 3420. The second-order valence-electron chi connectivity index (χ2n) is 21.1. The van der Waals surface area contributed by atoms with Gasteiger partial charge in [-0.3, -0.25) is 43.4 Å². The van der Waals surface area contributed by atoms with Crippen molar-refractivity contribution in [1.29, 1.82) is 0 Å². The van der Waals surface area contributed by atoms with Crippen LogP contribution in [0.2, 0.25) is 0 Å². The van der Waals surface area contributed by atoms with Crippen molar-refractivity contribution in [2.75, 3.05) is 43.8 Å². The second-order valence-corrected chi connectivity index (χ2v) is 23.3. The maximum atomic E-state index is 15.5. The molecule has 4 aromatic rings. The lowest BCUT2D eigenvalue weighted by molar-refractivity contribution is -0.172. The van der Waals surface area contributed by atoms with Gasteiger partial charge in [0.25, 0.3) is 17.4 Å². The van der Waals surface area contributed by atoms with Crippen LogP contribution in [-0.4, -0.2) is 131 Å². The van der Waals surface area contributed by atoms with Crippen molar-refractivity contribution in [3.05, 3.63) is 104 Å². The van der Waals surface area contributed by atoms with E-state index in [1.807, 2.05) is 0 Å². The Morgan fingerprint density at radius 1 is 0.951 bits per heavy atom. The van der Waals surface area contributed by atoms with Gasteiger partial charge in [-0.2, -0.15) is 0 Å². The van der Waals surface area contributed by atoms with Crippen molar-refractivity contribution in [2.24, 2.45) is 5.92 Å². The number of pyridine rings is 2. The summed E-state index contributed by atoms with van der Waals surface area (Å²) in [5.41, 5.74) is 1.74. The van der Waals surface area contributed by atoms with Crippen molar-refractivity contribution < 1.29 is 70.5 Å². The SMILES string of the molecule is CC[C@@]1(O)C(=O)OCc2c1cc1n(c2=O)Cc2c-1nc1cc(F)c(C)c3c1c2C(NC(=O)COCN(CCS(C)(=O)=O)C(=O)OCc1ccc(NC(=O)[C@H](C)NC(=O)[C@@H](NC(=O)CCCCCN2C(=O)C=CC2=O)C(C)C)cc1)CC3. The molecule has 0 radical (unpaired) electrons. The highest BCUT2D eigenvalue weighted by molar-refractivity contribution is 7.90. The Balaban J connectivity index is 0.843. The number of carbonyl (C=O) groups excluding carboxylic acids is 8. The van der Waals surface area contributed by atoms with Crippen LogP contribution in [-0.2, 0) is 89.4 Å². The number of hydrogen-bond donors (Lipinski definition) is 5. The number of nitrogens with zero attached hydrogens (tertiary/aromatic N) is 4. The van der Waals surface area contributed by atoms with E-state index in [4.69, 9.17) is 19.2 Å². The van der Waals surface area contributed by atoms with Crippen LogP contribution >= 0.6 is 0 Å². The van der Waals surface area contributed by atoms with Crippen LogP contribution in [0.25, 0.3) is 22.3 Å². The number of sulfone groups is 1. The fourth-order valence-corrected chi connectivity index (χ4v) is 10.9. The summed E-state index contributed by atoms with van der Waals surface area (Å²) >= 11 is 0. The predicted octanol–water partition coefficient (Wildman–Crippen LogP) is 3.36. The fourth-order valence-electron chi connectivity index (χ4n) is 10.4. The summed E-state index contributed by atoms with van der Waals surface area (Å²) in [5, 5.41) is 23.1. The highest BCUT2D eigenvalue weighted by atomic mass is 32.2. The number of benzene rings is 2. The van der Waals surface area contributed by atoms with Crippen molar-refractivity contribution in [3.8, 4) is 11.4 Å². The highest BCUT2D eigenvalue weighted by Gasteiger charge is 2.46. The molecule has 25 heteroatoms. The molecule has 2 aromatic carbocycles. The average Bonchev–Trinajstić information content (AvgIpc) is 4.11. The molecule has 1 unspecified atom stereocenters. The summed E-state index contributed by atoms with van der Waals surface area (Å²) in [6, 6.07) is 6.44. The van der Waals surface area contributed by atoms with Crippen molar-refractivity contribution >= 4 is 73.9 Å². The Morgan fingerprint density at radius 3 is 2.35 bits per heavy atom. The van der Waals surface area contributed by atoms with Gasteiger partial charge in [-0.25, -0.2) is 27.4 Å². The molecule has 0 bridgehead atoms. The molecule has 23 nitrogen and oxygen atoms in total. The zero-order valence-electron chi connectivity index (χ0n) is 45.8. The van der Waals surface area contributed by atoms with Crippen molar-refractivity contribution in [3.63, 3.8) is 0 Å². The Morgan fingerprint density at radius 2 is 1.67 bits per heavy atom. The first kappa shape index (κ1) is 59.2. The summed E-state index contributed by atoms with van der Waals surface area (Å²) in [4.78, 5) is 124. The Labute approximate surface area is 465 Å². The molecular weight excluding hydrogens is 1080 g/mol. The van der Waals surface area contributed by atoms with Crippen LogP contribution in [0.1, 0.15) is 111 Å². The smallest absolute Gasteiger partial charge is 0.411 e. The van der Waals surface area contributed by atoms with Gasteiger partial charge in [-0.1, -0.05) is 39.3 Å². The van der Waals surface area contributed by atoms with Gasteiger partial charge in [0, 0.05) is 66.2 Å². The molecule has 81 heavy (non-hydrogen) atoms. The number of fused-ring (bicyclic) bond motifs is 5. The molecule has 1 aliphatic carbocycles. The summed E-state index contributed by atoms with van der Waals surface area (Å²) in [6.45, 7) is 6.42. The van der Waals surface area contributed by atoms with E-state index in [1.165, 1.54) is 29.7 Å². The Hall–Kier alpha value is -7.90. The van der Waals surface area contributed by atoms with Gasteiger partial charge in [-0.05, 0) is 92.3 Å². The van der Waals surface area contributed by atoms with E-state index in [9.17, 15) is 56.7 Å². The number of cyclic esters (lactones) is 1. The molecule has 3 aliphatic heterocycles. The standard InChI is InChI=1S/C56H65FN8O15S/c1-7-56(75)38-23-42-50-36(25-65(42)53(72)37(38)27-79-54(56)73)48-40(17-16-35-31(4)39(57)24-41(61-50)47(35)48)60-44(67)28-78-29-63(21-22-81(6,76)77)55(74)80-26-33-12-14-34(15-13-33)59-51(70)32(5)58-52(71)49(30(2)3)62-43(66)11-9-8-10-20-64-45(68)18-19-46(64)69/h12-15,18-19,23-24,30,32,40,49,75H,7-11,16-17,20-22,25-29H2,1-6H3,(H,58,71)(H,59,70)(H,60,67)(H,62,66)/t32-,40?,49-,56-/m0/s1. The molecule has 5 N–H and O–H groups in total. The number of nitrogens with one attached hydrogen (secondary N) is 4. The van der Waals surface area contributed by atoms with E-state index in [2.05, 4.69) is 21.3 Å². The lowest BCUT2D eigenvalue weighted by atomic mass is 9.81. The maximum absolute atomic E-state index is 15.5. The molecule has 5 heterocycles. The van der Waals surface area contributed by atoms with Gasteiger partial charge >= 0.3 is 12.1 Å². The van der Waals surface area contributed by atoms with Crippen LogP contribution in [0.5, 0.6) is 0 Å². The molecule has 4 atom stereocenters. The molecule has 0 saturated carbocycles. The minimum absolute atomic E-state index is 0.0232. The van der Waals surface area contributed by atoms with Crippen LogP contribution in [0.4, 0.5) is 14.9 Å². The van der Waals surface area contributed by atoms with Crippen LogP contribution < -0.4 is 26.8 Å². The number of aryl methyl sites for hydroxylation is 1. The van der Waals surface area contributed by atoms with Crippen LogP contribution in [0.15, 0.2) is 53.3 Å². The molecule has 432 valence electrons. The van der Waals surface area contributed by atoms with Gasteiger partial charge in [0.2, 0.25) is 23.6 Å². The van der Waals surface area contributed by atoms with E-state index in [-0.39, 0.29) is 86.0 Å². The summed E-state index contributed by atoms with van der Waals surface area (Å²) < 4.78 is 57.7. The molecule has 4 aliphatic rings. The molecule has 0 spiro atoms. The maximum Gasteiger partial charge on any atom is 0.411 e. The number of halogens is 1. The third-order valence-electron chi connectivity index (χ3n) is 15.0. The van der Waals surface area contributed by atoms with E-state index >= 15 is 4.39 Å². The first-order valence-electron chi connectivity index (χ1n) is 26.7. The summed E-state index contributed by atoms with van der Waals surface area (Å²) in [6.07, 6.45) is 4.79. The number of rotatable bonds is 23. The van der Waals surface area contributed by atoms with Gasteiger partial charge < -0.3 is 45.2 Å². The van der Waals surface area contributed by atoms with Crippen LogP contribution in [0.3, 0.4) is 0 Å². The first-order valence-corrected chi connectivity index (χ1v) is 28.8. The number of imide groups is 1. The quantitative estimate of drug-likeness (QED) is 0.0271. The topological polar surface area (TPSA) is 308 Å². The lowest BCUT2D eigenvalue weighted by Gasteiger charge is -2.31. The molecule has 0 saturated heterocycles. The zero-order valence-corrected chi connectivity index (χ0v) is 46.6. The number of hydrogen-bond acceptors (Lipinski definition) is 16. The highest BCUT2D eigenvalue weighted by Crippen LogP contribution is 2.46. The van der Waals surface area contributed by atoms with Gasteiger partial charge in [0.15, 0.2) is 5.60 Å². The van der Waals surface area contributed by atoms with Gasteiger partial charge in [0.05, 0.1) is 40.8 Å². The van der Waals surface area contributed by atoms with Gasteiger partial charge in [0.1, 0.15) is 54.3 Å². The lowest BCUT2D eigenvalue weighted by Crippen LogP contribution is -2.53. The Kier molecular flexibility index (Phi) is 17.9. The normalized spacial score (nSPS) is 17.7. The minimum atomic E-state index is -3.58. The summed E-state index contributed by atoms with van der Waals surface area (Å²) in [5.74, 6) is -4.96. The molecular formula is C56H65FN8O15S. The van der Waals surface area contributed by atoms with Crippen molar-refractivity contribution in [1.82, 2.24) is 35.3 Å². The fraction of sp³-hybridized carbons (Fsp3) is 0.464. The second kappa shape index (κ2) is 24.4. The number of aromatic nitrogens is 2. The largest absolute Gasteiger partial charge is 0.458 e. The average molecular weight is 1140 g/mol. The van der Waals surface area contributed by atoms with Gasteiger partial charge in [-0.15, -0.1) is 0 Å². The zero-order chi connectivity index (χ0) is 58.7. The number of unbranched alkanes of at least 4 members (excludes halogenated alkanes) is 2. The molecule has 0 fully saturated rings. The third-order valence-corrected chi connectivity index (χ3v) is 15.9. The van der Waals surface area contributed by atoms with E-state index < -0.39 is 93.8 Å². The summed E-state index contributed by atoms with van der Waals surface area (Å²) in [7, 11) is -3.58. The minimum Gasteiger partial charge on any atom is -0.458 e. The van der Waals surface area contributed by atoms with E-state index in [1.54, 1.807) is 58.0 Å². The third kappa shape index (κ3) is 13.0. The number of amides is 7. The van der Waals surface area contributed by atoms with Crippen LogP contribution in [0, 0.1) is 18.7 Å².